The number of methoxy groups -OCH3 is 2. The number of aryl methyl sites for hydroxylation is 2. The van der Waals surface area contributed by atoms with Crippen molar-refractivity contribution in [1.29, 1.82) is 0 Å². The van der Waals surface area contributed by atoms with Gasteiger partial charge in [0.2, 0.25) is 0 Å². The van der Waals surface area contributed by atoms with Gasteiger partial charge in [-0.15, -0.1) is 0 Å². The third kappa shape index (κ3) is 11.2. The van der Waals surface area contributed by atoms with Crippen LogP contribution in [0, 0.1) is 13.8 Å². The molecule has 4 nitrogen and oxygen atoms in total. The number of hydrogen-bond donors (Lipinski definition) is 0. The molecule has 0 fully saturated rings. The maximum absolute atomic E-state index is 12.9. The first kappa shape index (κ1) is 37.9. The third-order valence-electron chi connectivity index (χ3n) is 6.97. The Morgan fingerprint density at radius 3 is 1.47 bits per heavy atom. The van der Waals surface area contributed by atoms with Crippen LogP contribution in [0.2, 0.25) is 10.0 Å². The summed E-state index contributed by atoms with van der Waals surface area (Å²) >= 11 is 17.1. The first-order chi connectivity index (χ1) is 20.9. The maximum atomic E-state index is 12.9. The van der Waals surface area contributed by atoms with Crippen LogP contribution in [0.4, 0.5) is 0 Å². The molecule has 0 bridgehead atoms. The largest absolute Gasteiger partial charge is 0.497 e. The Balaban J connectivity index is 0.000000259. The highest BCUT2D eigenvalue weighted by atomic mass is 35.5. The van der Waals surface area contributed by atoms with E-state index < -0.39 is 5.24 Å². The highest BCUT2D eigenvalue weighted by Gasteiger charge is 2.21. The molecule has 0 amide bonds. The molecule has 4 rings (SSSR count). The molecule has 0 saturated carbocycles. The fourth-order valence-corrected chi connectivity index (χ4v) is 4.80. The van der Waals surface area contributed by atoms with Crippen molar-refractivity contribution < 1.29 is 19.1 Å². The van der Waals surface area contributed by atoms with Gasteiger partial charge in [-0.1, -0.05) is 106 Å². The van der Waals surface area contributed by atoms with Gasteiger partial charge in [0, 0.05) is 5.56 Å². The zero-order chi connectivity index (χ0) is 34.1. The van der Waals surface area contributed by atoms with Crippen LogP contribution in [0.1, 0.15) is 90.1 Å². The van der Waals surface area contributed by atoms with Crippen LogP contribution in [0.3, 0.4) is 0 Å². The lowest BCUT2D eigenvalue weighted by Crippen LogP contribution is -2.13. The molecule has 0 radical (unpaired) electrons. The summed E-state index contributed by atoms with van der Waals surface area (Å²) in [4.78, 5) is 23.6. The van der Waals surface area contributed by atoms with E-state index in [9.17, 15) is 9.59 Å². The molecule has 0 saturated heterocycles. The molecule has 7 heteroatoms. The van der Waals surface area contributed by atoms with Gasteiger partial charge in [0.15, 0.2) is 5.78 Å². The lowest BCUT2D eigenvalue weighted by Gasteiger charge is -2.21. The number of carbonyl (C=O) groups excluding carboxylic acids is 2. The average Bonchev–Trinajstić information content (AvgIpc) is 2.98. The second-order valence-corrected chi connectivity index (χ2v) is 13.9. The standard InChI is InChI=1S/C19H21ClO2.C11H16O.C8H6Cl2O/c1-12-6-8-16(20)14(10-12)18(21)15-11-13(19(2,3)4)7-9-17(15)22-5;1-11(2,3)9-5-7-10(12-4)8-6-9;1-5-2-3-7(9)6(4-5)8(10)11/h6-11H,1-5H3;5-8H,1-4H3;2-4H,1H3. The number of benzene rings is 4. The number of hydrogen-bond acceptors (Lipinski definition) is 4. The van der Waals surface area contributed by atoms with Crippen molar-refractivity contribution in [3.63, 3.8) is 0 Å². The fraction of sp³-hybridized carbons (Fsp3) is 0.316. The van der Waals surface area contributed by atoms with Crippen LogP contribution in [0.5, 0.6) is 11.5 Å². The van der Waals surface area contributed by atoms with E-state index >= 15 is 0 Å². The predicted octanol–water partition coefficient (Wildman–Crippen LogP) is 11.2. The van der Waals surface area contributed by atoms with Crippen LogP contribution in [-0.2, 0) is 10.8 Å². The minimum Gasteiger partial charge on any atom is -0.497 e. The molecule has 0 aliphatic carbocycles. The maximum Gasteiger partial charge on any atom is 0.253 e. The van der Waals surface area contributed by atoms with E-state index in [2.05, 4.69) is 53.7 Å². The highest BCUT2D eigenvalue weighted by Crippen LogP contribution is 2.31. The van der Waals surface area contributed by atoms with Gasteiger partial charge in [-0.05, 0) is 95.9 Å². The number of carbonyl (C=O) groups is 2. The van der Waals surface area contributed by atoms with Crippen molar-refractivity contribution in [2.45, 2.75) is 66.2 Å². The lowest BCUT2D eigenvalue weighted by atomic mass is 9.85. The Labute approximate surface area is 283 Å². The molecule has 0 aliphatic heterocycles. The van der Waals surface area contributed by atoms with Gasteiger partial charge in [-0.25, -0.2) is 0 Å². The van der Waals surface area contributed by atoms with Crippen LogP contribution in [0.15, 0.2) is 78.9 Å². The topological polar surface area (TPSA) is 52.6 Å². The molecular weight excluding hydrogens is 627 g/mol. The van der Waals surface area contributed by atoms with Crippen LogP contribution < -0.4 is 9.47 Å². The molecule has 45 heavy (non-hydrogen) atoms. The van der Waals surface area contributed by atoms with Crippen molar-refractivity contribution in [1.82, 2.24) is 0 Å². The van der Waals surface area contributed by atoms with E-state index in [1.807, 2.05) is 62.4 Å². The number of rotatable bonds is 5. The Morgan fingerprint density at radius 1 is 0.578 bits per heavy atom. The highest BCUT2D eigenvalue weighted by molar-refractivity contribution is 6.68. The van der Waals surface area contributed by atoms with Gasteiger partial charge >= 0.3 is 0 Å². The van der Waals surface area contributed by atoms with E-state index in [1.165, 1.54) is 5.56 Å². The van der Waals surface area contributed by atoms with Gasteiger partial charge in [0.25, 0.3) is 5.24 Å². The summed E-state index contributed by atoms with van der Waals surface area (Å²) in [6, 6.07) is 24.6. The fourth-order valence-electron chi connectivity index (χ4n) is 4.19. The minimum atomic E-state index is -0.515. The monoisotopic (exact) mass is 668 g/mol. The van der Waals surface area contributed by atoms with E-state index in [0.717, 1.165) is 22.4 Å². The van der Waals surface area contributed by atoms with Crippen molar-refractivity contribution in [2.75, 3.05) is 14.2 Å². The third-order valence-corrected chi connectivity index (χ3v) is 7.83. The van der Waals surface area contributed by atoms with E-state index in [-0.39, 0.29) is 16.6 Å². The molecular formula is C38H43Cl3O4. The molecule has 240 valence electrons. The predicted molar refractivity (Wildman–Crippen MR) is 189 cm³/mol. The summed E-state index contributed by atoms with van der Waals surface area (Å²) < 4.78 is 10.4. The van der Waals surface area contributed by atoms with Crippen molar-refractivity contribution >= 4 is 45.8 Å². The van der Waals surface area contributed by atoms with Gasteiger partial charge < -0.3 is 9.47 Å². The summed E-state index contributed by atoms with van der Waals surface area (Å²) in [5.41, 5.74) is 5.99. The first-order valence-electron chi connectivity index (χ1n) is 14.5. The smallest absolute Gasteiger partial charge is 0.253 e. The Morgan fingerprint density at radius 2 is 1.04 bits per heavy atom. The van der Waals surface area contributed by atoms with Gasteiger partial charge in [-0.3, -0.25) is 9.59 Å². The first-order valence-corrected chi connectivity index (χ1v) is 15.6. The molecule has 0 N–H and O–H groups in total. The second kappa shape index (κ2) is 16.3. The van der Waals surface area contributed by atoms with Gasteiger partial charge in [0.1, 0.15) is 11.5 Å². The van der Waals surface area contributed by atoms with Crippen LogP contribution >= 0.6 is 34.8 Å². The molecule has 4 aromatic rings. The van der Waals surface area contributed by atoms with Crippen molar-refractivity contribution in [3.05, 3.63) is 128 Å². The molecule has 0 heterocycles. The molecule has 0 spiro atoms. The zero-order valence-electron chi connectivity index (χ0n) is 27.8. The second-order valence-electron chi connectivity index (χ2n) is 12.7. The summed E-state index contributed by atoms with van der Waals surface area (Å²) in [6.07, 6.45) is 0. The number of halogens is 3. The Kier molecular flexibility index (Phi) is 13.7. The summed E-state index contributed by atoms with van der Waals surface area (Å²) in [5, 5.41) is 0.341. The molecule has 0 atom stereocenters. The number of ketones is 1. The summed E-state index contributed by atoms with van der Waals surface area (Å²) in [5.74, 6) is 1.37. The minimum absolute atomic E-state index is 0.0439. The zero-order valence-corrected chi connectivity index (χ0v) is 30.0. The van der Waals surface area contributed by atoms with E-state index in [1.54, 1.807) is 32.4 Å². The number of ether oxygens (including phenoxy) is 2. The summed E-state index contributed by atoms with van der Waals surface area (Å²) in [7, 11) is 3.26. The summed E-state index contributed by atoms with van der Waals surface area (Å²) in [6.45, 7) is 16.8. The Hall–Kier alpha value is -3.31. The van der Waals surface area contributed by atoms with Crippen molar-refractivity contribution in [2.24, 2.45) is 0 Å². The van der Waals surface area contributed by atoms with Gasteiger partial charge in [-0.2, -0.15) is 0 Å². The quantitative estimate of drug-likeness (QED) is 0.157. The SMILES string of the molecule is COc1ccc(C(C)(C)C)cc1.COc1ccc(C(C)(C)C)cc1C(=O)c1cc(C)ccc1Cl.Cc1ccc(Cl)c(C(=O)Cl)c1. The molecule has 0 aromatic heterocycles. The van der Waals surface area contributed by atoms with Crippen LogP contribution in [-0.4, -0.2) is 25.2 Å². The lowest BCUT2D eigenvalue weighted by molar-refractivity contribution is 0.103. The van der Waals surface area contributed by atoms with Gasteiger partial charge in [0.05, 0.1) is 35.4 Å². The average molecular weight is 670 g/mol. The van der Waals surface area contributed by atoms with Crippen molar-refractivity contribution in [3.8, 4) is 11.5 Å². The van der Waals surface area contributed by atoms with E-state index in [4.69, 9.17) is 44.3 Å². The normalized spacial score (nSPS) is 11.0. The van der Waals surface area contributed by atoms with E-state index in [0.29, 0.717) is 32.5 Å². The molecule has 0 aliphatic rings. The molecule has 4 aromatic carbocycles. The van der Waals surface area contributed by atoms with Crippen LogP contribution in [0.25, 0.3) is 0 Å². The molecule has 0 unspecified atom stereocenters. The Bertz CT molecular complexity index is 1610.